The summed E-state index contributed by atoms with van der Waals surface area (Å²) >= 11 is 0. The number of pyridine rings is 1. The Bertz CT molecular complexity index is 642. The lowest BCUT2D eigenvalue weighted by molar-refractivity contribution is -0.137. The van der Waals surface area contributed by atoms with Crippen molar-refractivity contribution in [1.29, 1.82) is 0 Å². The topological polar surface area (TPSA) is 45.7 Å². The number of halogens is 3. The van der Waals surface area contributed by atoms with Crippen LogP contribution in [0.15, 0.2) is 18.5 Å². The normalized spacial score (nSPS) is 23.8. The summed E-state index contributed by atoms with van der Waals surface area (Å²) in [5.41, 5.74) is -0.878. The van der Waals surface area contributed by atoms with Crippen LogP contribution in [0.2, 0.25) is 0 Å². The van der Waals surface area contributed by atoms with E-state index in [0.717, 1.165) is 18.7 Å². The minimum Gasteiger partial charge on any atom is -0.444 e. The number of ether oxygens (including phenoxy) is 1. The summed E-state index contributed by atoms with van der Waals surface area (Å²) < 4.78 is 43.9. The Kier molecular flexibility index (Phi) is 3.88. The second kappa shape index (κ2) is 5.53. The number of likely N-dealkylation sites (tertiary alicyclic amines) is 1. The highest BCUT2D eigenvalue weighted by atomic mass is 19.4. The van der Waals surface area contributed by atoms with Crippen LogP contribution in [0, 0.1) is 0 Å². The third-order valence-electron chi connectivity index (χ3n) is 4.25. The zero-order valence-corrected chi connectivity index (χ0v) is 13.8. The van der Waals surface area contributed by atoms with Gasteiger partial charge in [0.15, 0.2) is 0 Å². The summed E-state index contributed by atoms with van der Waals surface area (Å²) in [7, 11) is 0. The van der Waals surface area contributed by atoms with Gasteiger partial charge in [0.05, 0.1) is 23.5 Å². The van der Waals surface area contributed by atoms with Crippen molar-refractivity contribution < 1.29 is 22.7 Å². The zero-order valence-electron chi connectivity index (χ0n) is 13.8. The predicted octanol–water partition coefficient (Wildman–Crippen LogP) is 3.30. The van der Waals surface area contributed by atoms with E-state index in [1.165, 1.54) is 6.20 Å². The van der Waals surface area contributed by atoms with Gasteiger partial charge >= 0.3 is 12.3 Å². The van der Waals surface area contributed by atoms with E-state index in [-0.39, 0.29) is 18.2 Å². The molecule has 0 radical (unpaired) electrons. The van der Waals surface area contributed by atoms with E-state index in [2.05, 4.69) is 4.98 Å². The average Bonchev–Trinajstić information content (AvgIpc) is 3.04. The maximum absolute atomic E-state index is 12.8. The molecule has 2 bridgehead atoms. The molecular weight excluding hydrogens is 323 g/mol. The Labute approximate surface area is 138 Å². The van der Waals surface area contributed by atoms with Crippen molar-refractivity contribution in [2.24, 2.45) is 0 Å². The Morgan fingerprint density at radius 3 is 2.46 bits per heavy atom. The van der Waals surface area contributed by atoms with Crippen LogP contribution in [0.1, 0.15) is 32.8 Å². The van der Waals surface area contributed by atoms with Crippen LogP contribution < -0.4 is 4.90 Å². The highest BCUT2D eigenvalue weighted by Crippen LogP contribution is 2.37. The van der Waals surface area contributed by atoms with Gasteiger partial charge in [0.2, 0.25) is 0 Å². The van der Waals surface area contributed by atoms with Gasteiger partial charge in [0.25, 0.3) is 0 Å². The highest BCUT2D eigenvalue weighted by molar-refractivity contribution is 5.70. The molecule has 132 valence electrons. The summed E-state index contributed by atoms with van der Waals surface area (Å²) in [6.07, 6.45) is -1.78. The number of rotatable bonds is 1. The predicted molar refractivity (Wildman–Crippen MR) is 81.7 cm³/mol. The number of hydrogen-bond donors (Lipinski definition) is 0. The van der Waals surface area contributed by atoms with Gasteiger partial charge in [-0.15, -0.1) is 0 Å². The van der Waals surface area contributed by atoms with E-state index >= 15 is 0 Å². The Morgan fingerprint density at radius 2 is 1.92 bits per heavy atom. The molecule has 3 rings (SSSR count). The molecule has 0 aromatic carbocycles. The molecule has 1 aromatic heterocycles. The number of carbonyl (C=O) groups is 1. The minimum atomic E-state index is -4.41. The summed E-state index contributed by atoms with van der Waals surface area (Å²) in [4.78, 5) is 19.5. The maximum Gasteiger partial charge on any atom is 0.417 e. The number of fused-ring (bicyclic) bond motifs is 2. The number of nitrogens with zero attached hydrogens (tertiary/aromatic N) is 3. The van der Waals surface area contributed by atoms with Gasteiger partial charge in [-0.05, 0) is 33.3 Å². The second-order valence-corrected chi connectivity index (χ2v) is 7.26. The Balaban J connectivity index is 1.71. The third kappa shape index (κ3) is 3.27. The van der Waals surface area contributed by atoms with Crippen molar-refractivity contribution in [3.05, 3.63) is 24.0 Å². The summed E-state index contributed by atoms with van der Waals surface area (Å²) in [6, 6.07) is 1.07. The van der Waals surface area contributed by atoms with E-state index in [1.807, 2.05) is 4.90 Å². The molecule has 2 aliphatic heterocycles. The molecule has 2 fully saturated rings. The quantitative estimate of drug-likeness (QED) is 0.785. The first kappa shape index (κ1) is 16.9. The highest BCUT2D eigenvalue weighted by Gasteiger charge is 2.47. The summed E-state index contributed by atoms with van der Waals surface area (Å²) in [6.45, 7) is 6.36. The Morgan fingerprint density at radius 1 is 1.21 bits per heavy atom. The standard InChI is InChI=1S/C16H20F3N3O2/c1-15(2,3)24-14(23)22-9-12-5-13(22)8-21(12)11-4-10(6-20-7-11)16(17,18)19/h4,6-7,12-13H,5,8-9H2,1-3H3/t12-,13-/m1/s1. The van der Waals surface area contributed by atoms with Crippen molar-refractivity contribution in [2.75, 3.05) is 18.0 Å². The number of amides is 1. The SMILES string of the molecule is CC(C)(C)OC(=O)N1C[C@H]2C[C@@H]1CN2c1cncc(C(F)(F)F)c1. The van der Waals surface area contributed by atoms with E-state index in [9.17, 15) is 18.0 Å². The van der Waals surface area contributed by atoms with Crippen LogP contribution >= 0.6 is 0 Å². The molecule has 0 N–H and O–H groups in total. The number of anilines is 1. The molecule has 0 spiro atoms. The number of aromatic nitrogens is 1. The van der Waals surface area contributed by atoms with E-state index in [1.54, 1.807) is 25.7 Å². The molecule has 0 aliphatic carbocycles. The van der Waals surface area contributed by atoms with Crippen LogP contribution in [-0.2, 0) is 10.9 Å². The first-order valence-corrected chi connectivity index (χ1v) is 7.83. The summed E-state index contributed by atoms with van der Waals surface area (Å²) in [5.74, 6) is 0. The van der Waals surface area contributed by atoms with E-state index in [4.69, 9.17) is 4.74 Å². The van der Waals surface area contributed by atoms with Crippen molar-refractivity contribution in [3.63, 3.8) is 0 Å². The van der Waals surface area contributed by atoms with Gasteiger partial charge < -0.3 is 14.5 Å². The van der Waals surface area contributed by atoms with Gasteiger partial charge in [-0.3, -0.25) is 4.98 Å². The number of carbonyl (C=O) groups excluding carboxylic acids is 1. The fourth-order valence-corrected chi connectivity index (χ4v) is 3.27. The third-order valence-corrected chi connectivity index (χ3v) is 4.25. The van der Waals surface area contributed by atoms with Crippen LogP contribution in [0.5, 0.6) is 0 Å². The molecule has 8 heteroatoms. The molecule has 1 amide bonds. The van der Waals surface area contributed by atoms with E-state index in [0.29, 0.717) is 18.8 Å². The van der Waals surface area contributed by atoms with Gasteiger partial charge in [-0.25, -0.2) is 4.79 Å². The molecule has 0 saturated carbocycles. The lowest BCUT2D eigenvalue weighted by Gasteiger charge is -2.36. The number of alkyl halides is 3. The van der Waals surface area contributed by atoms with Crippen molar-refractivity contribution in [2.45, 2.75) is 51.1 Å². The molecule has 24 heavy (non-hydrogen) atoms. The molecule has 2 saturated heterocycles. The lowest BCUT2D eigenvalue weighted by atomic mass is 10.2. The second-order valence-electron chi connectivity index (χ2n) is 7.26. The largest absolute Gasteiger partial charge is 0.444 e. The van der Waals surface area contributed by atoms with Crippen LogP contribution in [0.4, 0.5) is 23.7 Å². The van der Waals surface area contributed by atoms with Crippen LogP contribution in [-0.4, -0.2) is 46.8 Å². The zero-order chi connectivity index (χ0) is 17.7. The van der Waals surface area contributed by atoms with Gasteiger partial charge in [0.1, 0.15) is 5.60 Å². The lowest BCUT2D eigenvalue weighted by Crippen LogP contribution is -2.50. The average molecular weight is 343 g/mol. The number of hydrogen-bond acceptors (Lipinski definition) is 4. The molecule has 1 aromatic rings. The van der Waals surface area contributed by atoms with Crippen molar-refractivity contribution in [3.8, 4) is 0 Å². The van der Waals surface area contributed by atoms with Crippen LogP contribution in [0.3, 0.4) is 0 Å². The molecule has 0 unspecified atom stereocenters. The smallest absolute Gasteiger partial charge is 0.417 e. The number of piperazine rings is 1. The van der Waals surface area contributed by atoms with Gasteiger partial charge in [-0.2, -0.15) is 13.2 Å². The van der Waals surface area contributed by atoms with Gasteiger partial charge in [0, 0.05) is 25.3 Å². The minimum absolute atomic E-state index is 0.00666. The Hall–Kier alpha value is -1.99. The van der Waals surface area contributed by atoms with Crippen molar-refractivity contribution >= 4 is 11.8 Å². The fraction of sp³-hybridized carbons (Fsp3) is 0.625. The van der Waals surface area contributed by atoms with E-state index < -0.39 is 17.3 Å². The first-order chi connectivity index (χ1) is 11.0. The maximum atomic E-state index is 12.8. The van der Waals surface area contributed by atoms with Crippen LogP contribution in [0.25, 0.3) is 0 Å². The summed E-state index contributed by atoms with van der Waals surface area (Å²) in [5, 5.41) is 0. The van der Waals surface area contributed by atoms with Crippen molar-refractivity contribution in [1.82, 2.24) is 9.88 Å². The molecular formula is C16H20F3N3O2. The molecule has 2 aliphatic rings. The van der Waals surface area contributed by atoms with Gasteiger partial charge in [-0.1, -0.05) is 0 Å². The molecule has 5 nitrogen and oxygen atoms in total. The fourth-order valence-electron chi connectivity index (χ4n) is 3.27. The first-order valence-electron chi connectivity index (χ1n) is 7.83. The molecule has 3 heterocycles. The molecule has 2 atom stereocenters. The monoisotopic (exact) mass is 343 g/mol.